The van der Waals surface area contributed by atoms with E-state index in [-0.39, 0.29) is 0 Å². The Labute approximate surface area is 124 Å². The molecule has 0 saturated heterocycles. The van der Waals surface area contributed by atoms with Gasteiger partial charge in [0.15, 0.2) is 0 Å². The van der Waals surface area contributed by atoms with Gasteiger partial charge >= 0.3 is 0 Å². The van der Waals surface area contributed by atoms with Gasteiger partial charge in [-0.3, -0.25) is 0 Å². The first kappa shape index (κ1) is 14.7. The van der Waals surface area contributed by atoms with Crippen molar-refractivity contribution < 1.29 is 0 Å². The average molecular weight is 284 g/mol. The summed E-state index contributed by atoms with van der Waals surface area (Å²) in [5.41, 5.74) is 4.56. The Balaban J connectivity index is 0.000000704. The second-order valence-corrected chi connectivity index (χ2v) is 5.34. The molecule has 0 aliphatic rings. The Hall–Kier alpha value is -1.74. The molecule has 0 atom stereocenters. The number of fused-ring (bicyclic) bond motifs is 1. The van der Waals surface area contributed by atoms with Crippen LogP contribution in [0.2, 0.25) is 0 Å². The maximum absolute atomic E-state index is 4.64. The summed E-state index contributed by atoms with van der Waals surface area (Å²) in [6, 6.07) is 12.6. The van der Waals surface area contributed by atoms with Gasteiger partial charge in [0.25, 0.3) is 0 Å². The number of benzene rings is 1. The molecule has 0 radical (unpaired) electrons. The molecular formula is C17H20N2S. The highest BCUT2D eigenvalue weighted by Crippen LogP contribution is 2.29. The maximum atomic E-state index is 4.64. The lowest BCUT2D eigenvalue weighted by Gasteiger charge is -1.95. The van der Waals surface area contributed by atoms with Gasteiger partial charge in [-0.25, -0.2) is 9.97 Å². The van der Waals surface area contributed by atoms with E-state index in [9.17, 15) is 0 Å². The Morgan fingerprint density at radius 1 is 0.950 bits per heavy atom. The first-order valence-electron chi connectivity index (χ1n) is 7.10. The van der Waals surface area contributed by atoms with Crippen molar-refractivity contribution in [3.05, 3.63) is 47.7 Å². The van der Waals surface area contributed by atoms with Crippen LogP contribution in [0.5, 0.6) is 0 Å². The second-order valence-electron chi connectivity index (χ2n) is 4.37. The van der Waals surface area contributed by atoms with Gasteiger partial charge in [0, 0.05) is 11.3 Å². The smallest absolute Gasteiger partial charge is 0.144 e. The van der Waals surface area contributed by atoms with E-state index < -0.39 is 0 Å². The van der Waals surface area contributed by atoms with E-state index >= 15 is 0 Å². The Kier molecular flexibility index (Phi) is 4.85. The molecule has 0 unspecified atom stereocenters. The van der Waals surface area contributed by atoms with E-state index in [1.165, 1.54) is 11.1 Å². The van der Waals surface area contributed by atoms with Crippen LogP contribution in [0.4, 0.5) is 0 Å². The maximum Gasteiger partial charge on any atom is 0.144 e. The highest BCUT2D eigenvalue weighted by molar-refractivity contribution is 7.21. The van der Waals surface area contributed by atoms with E-state index in [2.05, 4.69) is 60.2 Å². The Bertz CT molecular complexity index is 684. The van der Waals surface area contributed by atoms with Crippen LogP contribution in [0.15, 0.2) is 36.4 Å². The summed E-state index contributed by atoms with van der Waals surface area (Å²) < 4.78 is 0. The molecule has 0 saturated carbocycles. The fourth-order valence-electron chi connectivity index (χ4n) is 1.87. The van der Waals surface area contributed by atoms with Crippen molar-refractivity contribution in [3.63, 3.8) is 0 Å². The molecule has 2 nitrogen and oxygen atoms in total. The van der Waals surface area contributed by atoms with Crippen molar-refractivity contribution in [1.82, 2.24) is 9.97 Å². The molecule has 3 aromatic rings. The van der Waals surface area contributed by atoms with Gasteiger partial charge < -0.3 is 0 Å². The minimum Gasteiger partial charge on any atom is -0.240 e. The standard InChI is InChI=1S/C15H14N2S.C2H6/c1-3-12-8-9-13-15(16-12)18-14(17-13)11-6-4-10(2)5-7-11;1-2/h4-9H,3H2,1-2H3;1-2H3. The number of pyridine rings is 1. The number of rotatable bonds is 2. The highest BCUT2D eigenvalue weighted by atomic mass is 32.1. The number of aryl methyl sites for hydroxylation is 2. The fourth-order valence-corrected chi connectivity index (χ4v) is 2.83. The minimum atomic E-state index is 0.966. The first-order chi connectivity index (χ1) is 9.76. The highest BCUT2D eigenvalue weighted by Gasteiger charge is 2.07. The van der Waals surface area contributed by atoms with Crippen LogP contribution in [-0.4, -0.2) is 9.97 Å². The van der Waals surface area contributed by atoms with Crippen LogP contribution in [0.3, 0.4) is 0 Å². The summed E-state index contributed by atoms with van der Waals surface area (Å²) in [6.45, 7) is 8.22. The predicted octanol–water partition coefficient (Wildman–Crippen LogP) is 5.26. The quantitative estimate of drug-likeness (QED) is 0.642. The predicted molar refractivity (Wildman–Crippen MR) is 88.3 cm³/mol. The summed E-state index contributed by atoms with van der Waals surface area (Å²) in [4.78, 5) is 10.3. The van der Waals surface area contributed by atoms with Crippen molar-refractivity contribution >= 4 is 21.7 Å². The van der Waals surface area contributed by atoms with Crippen molar-refractivity contribution in [2.24, 2.45) is 0 Å². The number of nitrogens with zero attached hydrogens (tertiary/aromatic N) is 2. The lowest BCUT2D eigenvalue weighted by Crippen LogP contribution is -1.84. The normalized spacial score (nSPS) is 10.2. The molecule has 2 aromatic heterocycles. The van der Waals surface area contributed by atoms with E-state index in [0.717, 1.165) is 27.5 Å². The van der Waals surface area contributed by atoms with E-state index in [0.29, 0.717) is 0 Å². The molecule has 0 aliphatic heterocycles. The molecule has 0 bridgehead atoms. The minimum absolute atomic E-state index is 0.966. The zero-order chi connectivity index (χ0) is 14.5. The van der Waals surface area contributed by atoms with E-state index in [1.807, 2.05) is 13.8 Å². The summed E-state index contributed by atoms with van der Waals surface area (Å²) in [5, 5.41) is 1.05. The van der Waals surface area contributed by atoms with E-state index in [4.69, 9.17) is 0 Å². The molecule has 0 fully saturated rings. The fraction of sp³-hybridized carbons (Fsp3) is 0.294. The summed E-state index contributed by atoms with van der Waals surface area (Å²) >= 11 is 1.66. The monoisotopic (exact) mass is 284 g/mol. The van der Waals surface area contributed by atoms with Crippen LogP contribution in [-0.2, 0) is 6.42 Å². The summed E-state index contributed by atoms with van der Waals surface area (Å²) in [7, 11) is 0. The van der Waals surface area contributed by atoms with Gasteiger partial charge in [0.05, 0.1) is 0 Å². The van der Waals surface area contributed by atoms with Gasteiger partial charge in [-0.15, -0.1) is 0 Å². The van der Waals surface area contributed by atoms with Gasteiger partial charge in [0.2, 0.25) is 0 Å². The zero-order valence-electron chi connectivity index (χ0n) is 12.5. The van der Waals surface area contributed by atoms with Gasteiger partial charge in [0.1, 0.15) is 15.4 Å². The van der Waals surface area contributed by atoms with Crippen molar-refractivity contribution in [2.45, 2.75) is 34.1 Å². The summed E-state index contributed by atoms with van der Waals surface area (Å²) in [6.07, 6.45) is 0.966. The van der Waals surface area contributed by atoms with Crippen molar-refractivity contribution in [1.29, 1.82) is 0 Å². The van der Waals surface area contributed by atoms with Crippen LogP contribution in [0.1, 0.15) is 32.0 Å². The van der Waals surface area contributed by atoms with Crippen molar-refractivity contribution in [2.75, 3.05) is 0 Å². The largest absolute Gasteiger partial charge is 0.240 e. The van der Waals surface area contributed by atoms with Crippen LogP contribution >= 0.6 is 11.3 Å². The molecule has 104 valence electrons. The molecule has 0 amide bonds. The molecule has 1 aromatic carbocycles. The molecule has 0 aliphatic carbocycles. The van der Waals surface area contributed by atoms with Crippen LogP contribution in [0.25, 0.3) is 20.9 Å². The molecule has 20 heavy (non-hydrogen) atoms. The Morgan fingerprint density at radius 2 is 1.65 bits per heavy atom. The Morgan fingerprint density at radius 3 is 2.30 bits per heavy atom. The molecular weight excluding hydrogens is 264 g/mol. The lowest BCUT2D eigenvalue weighted by atomic mass is 10.2. The third-order valence-corrected chi connectivity index (χ3v) is 3.99. The van der Waals surface area contributed by atoms with Crippen LogP contribution < -0.4 is 0 Å². The molecule has 3 rings (SSSR count). The van der Waals surface area contributed by atoms with Gasteiger partial charge in [-0.1, -0.05) is 61.9 Å². The van der Waals surface area contributed by atoms with Gasteiger partial charge in [-0.2, -0.15) is 0 Å². The van der Waals surface area contributed by atoms with Crippen molar-refractivity contribution in [3.8, 4) is 10.6 Å². The number of thiazole rings is 1. The SMILES string of the molecule is CC.CCc1ccc2nc(-c3ccc(C)cc3)sc2n1. The number of hydrogen-bond acceptors (Lipinski definition) is 3. The molecule has 0 spiro atoms. The molecule has 2 heterocycles. The number of aromatic nitrogens is 2. The summed E-state index contributed by atoms with van der Waals surface area (Å²) in [5.74, 6) is 0. The third kappa shape index (κ3) is 3.05. The lowest BCUT2D eigenvalue weighted by molar-refractivity contribution is 1.06. The first-order valence-corrected chi connectivity index (χ1v) is 7.91. The second kappa shape index (κ2) is 6.62. The molecule has 3 heteroatoms. The van der Waals surface area contributed by atoms with Gasteiger partial charge in [-0.05, 0) is 25.5 Å². The van der Waals surface area contributed by atoms with E-state index in [1.54, 1.807) is 11.3 Å². The molecule has 0 N–H and O–H groups in total. The number of hydrogen-bond donors (Lipinski definition) is 0. The zero-order valence-corrected chi connectivity index (χ0v) is 13.3. The average Bonchev–Trinajstić information content (AvgIpc) is 2.92. The topological polar surface area (TPSA) is 25.8 Å². The van der Waals surface area contributed by atoms with Crippen LogP contribution in [0, 0.1) is 6.92 Å². The third-order valence-electron chi connectivity index (χ3n) is 2.97.